The molecule has 5 rings (SSSR count). The van der Waals surface area contributed by atoms with Gasteiger partial charge in [-0.25, -0.2) is 4.98 Å². The van der Waals surface area contributed by atoms with Gasteiger partial charge in [0.05, 0.1) is 17.3 Å². The second kappa shape index (κ2) is 4.07. The Kier molecular flexibility index (Phi) is 2.70. The predicted molar refractivity (Wildman–Crippen MR) is 81.9 cm³/mol. The predicted octanol–water partition coefficient (Wildman–Crippen LogP) is 4.54. The number of aromatic nitrogens is 1. The maximum Gasteiger partial charge on any atom is 0.0991 e. The summed E-state index contributed by atoms with van der Waals surface area (Å²) in [4.78, 5) is 4.95. The molecular weight excluding hydrogens is 266 g/mol. The highest BCUT2D eigenvalue weighted by Gasteiger charge is 2.61. The number of thiazole rings is 1. The van der Waals surface area contributed by atoms with Crippen LogP contribution in [-0.4, -0.2) is 12.1 Å². The van der Waals surface area contributed by atoms with Crippen molar-refractivity contribution in [2.45, 2.75) is 64.4 Å². The van der Waals surface area contributed by atoms with Gasteiger partial charge in [0.1, 0.15) is 0 Å². The quantitative estimate of drug-likeness (QED) is 0.816. The molecule has 4 aliphatic carbocycles. The summed E-state index contributed by atoms with van der Waals surface area (Å²) in [6, 6.07) is 0. The third-order valence-corrected chi connectivity index (χ3v) is 7.06. The van der Waals surface area contributed by atoms with Crippen LogP contribution in [-0.2, 0) is 16.8 Å². The summed E-state index contributed by atoms with van der Waals surface area (Å²) in [5, 5.41) is 3.62. The molecule has 4 aliphatic rings. The van der Waals surface area contributed by atoms with Crippen molar-refractivity contribution in [3.63, 3.8) is 0 Å². The average Bonchev–Trinajstić information content (AvgIpc) is 2.73. The van der Waals surface area contributed by atoms with Crippen LogP contribution in [0.25, 0.3) is 0 Å². The van der Waals surface area contributed by atoms with Crippen molar-refractivity contribution in [1.29, 1.82) is 0 Å². The first kappa shape index (κ1) is 13.3. The second-order valence-electron chi connectivity index (χ2n) is 8.49. The minimum Gasteiger partial charge on any atom is -0.378 e. The minimum absolute atomic E-state index is 0.388. The third-order valence-electron chi connectivity index (χ3n) is 5.92. The Bertz CT molecular complexity index is 519. The Morgan fingerprint density at radius 3 is 2.50 bits per heavy atom. The average molecular weight is 291 g/mol. The first-order valence-corrected chi connectivity index (χ1v) is 8.76. The van der Waals surface area contributed by atoms with Gasteiger partial charge in [-0.2, -0.15) is 0 Å². The summed E-state index contributed by atoms with van der Waals surface area (Å²) >= 11 is 1.88. The number of methoxy groups -OCH3 is 1. The van der Waals surface area contributed by atoms with Crippen molar-refractivity contribution >= 4 is 11.3 Å². The van der Waals surface area contributed by atoms with Gasteiger partial charge in [0.2, 0.25) is 0 Å². The second-order valence-corrected chi connectivity index (χ2v) is 9.35. The summed E-state index contributed by atoms with van der Waals surface area (Å²) in [5.41, 5.74) is 2.65. The molecule has 3 heteroatoms. The zero-order chi connectivity index (χ0) is 14.0. The topological polar surface area (TPSA) is 22.1 Å². The van der Waals surface area contributed by atoms with Gasteiger partial charge in [0.25, 0.3) is 0 Å². The molecule has 1 aromatic rings. The van der Waals surface area contributed by atoms with E-state index in [0.717, 1.165) is 11.6 Å². The molecule has 0 spiro atoms. The van der Waals surface area contributed by atoms with Gasteiger partial charge < -0.3 is 4.74 Å². The molecule has 2 nitrogen and oxygen atoms in total. The monoisotopic (exact) mass is 291 g/mol. The van der Waals surface area contributed by atoms with E-state index >= 15 is 0 Å². The van der Waals surface area contributed by atoms with Gasteiger partial charge >= 0.3 is 0 Å². The van der Waals surface area contributed by atoms with E-state index in [1.165, 1.54) is 43.5 Å². The molecule has 2 unspecified atom stereocenters. The molecule has 0 radical (unpaired) electrons. The summed E-state index contributed by atoms with van der Waals surface area (Å²) in [5.74, 6) is 0.941. The fourth-order valence-electron chi connectivity index (χ4n) is 6.45. The first-order valence-electron chi connectivity index (χ1n) is 7.88. The van der Waals surface area contributed by atoms with Gasteiger partial charge in [-0.05, 0) is 55.3 Å². The smallest absolute Gasteiger partial charge is 0.0991 e. The molecule has 0 amide bonds. The Hall–Kier alpha value is -0.410. The maximum absolute atomic E-state index is 5.24. The van der Waals surface area contributed by atoms with Gasteiger partial charge in [-0.15, -0.1) is 11.3 Å². The van der Waals surface area contributed by atoms with Gasteiger partial charge in [0, 0.05) is 17.9 Å². The van der Waals surface area contributed by atoms with Crippen molar-refractivity contribution in [3.8, 4) is 0 Å². The van der Waals surface area contributed by atoms with E-state index in [0.29, 0.717) is 22.9 Å². The van der Waals surface area contributed by atoms with E-state index < -0.39 is 0 Å². The number of nitrogens with zero attached hydrogens (tertiary/aromatic N) is 1. The first-order chi connectivity index (χ1) is 9.44. The lowest BCUT2D eigenvalue weighted by Gasteiger charge is -2.64. The van der Waals surface area contributed by atoms with Crippen LogP contribution in [0.5, 0.6) is 0 Å². The van der Waals surface area contributed by atoms with Crippen LogP contribution in [0.3, 0.4) is 0 Å². The molecule has 0 N–H and O–H groups in total. The van der Waals surface area contributed by atoms with E-state index in [1.807, 2.05) is 11.3 Å². The van der Waals surface area contributed by atoms with Crippen molar-refractivity contribution in [2.24, 2.45) is 16.7 Å². The molecule has 1 aromatic heterocycles. The molecule has 4 fully saturated rings. The molecule has 0 aliphatic heterocycles. The van der Waals surface area contributed by atoms with Crippen LogP contribution in [0.1, 0.15) is 63.1 Å². The lowest BCUT2D eigenvalue weighted by Crippen LogP contribution is -2.56. The lowest BCUT2D eigenvalue weighted by atomic mass is 9.40. The SMILES string of the molecule is COCc1csc(C23CC4CC(C)(CC(C)(C4)C2)C3)n1. The van der Waals surface area contributed by atoms with Crippen molar-refractivity contribution < 1.29 is 4.74 Å². The number of hydrogen-bond donors (Lipinski definition) is 0. The maximum atomic E-state index is 5.24. The Labute approximate surface area is 125 Å². The fraction of sp³-hybridized carbons (Fsp3) is 0.824. The highest BCUT2D eigenvalue weighted by atomic mass is 32.1. The molecule has 110 valence electrons. The zero-order valence-corrected chi connectivity index (χ0v) is 13.7. The van der Waals surface area contributed by atoms with E-state index in [-0.39, 0.29) is 0 Å². The highest BCUT2D eigenvalue weighted by Crippen LogP contribution is 2.69. The van der Waals surface area contributed by atoms with Crippen LogP contribution < -0.4 is 0 Å². The number of hydrogen-bond acceptors (Lipinski definition) is 3. The molecule has 2 atom stereocenters. The zero-order valence-electron chi connectivity index (χ0n) is 12.9. The summed E-state index contributed by atoms with van der Waals surface area (Å²) in [6.45, 7) is 5.73. The van der Waals surface area contributed by atoms with Crippen molar-refractivity contribution in [2.75, 3.05) is 7.11 Å². The van der Waals surface area contributed by atoms with Crippen molar-refractivity contribution in [3.05, 3.63) is 16.1 Å². The highest BCUT2D eigenvalue weighted by molar-refractivity contribution is 7.09. The lowest BCUT2D eigenvalue weighted by molar-refractivity contribution is -0.110. The Morgan fingerprint density at radius 2 is 1.90 bits per heavy atom. The van der Waals surface area contributed by atoms with Gasteiger partial charge in [-0.3, -0.25) is 0 Å². The van der Waals surface area contributed by atoms with Gasteiger partial charge in [-0.1, -0.05) is 13.8 Å². The molecule has 0 saturated heterocycles. The minimum atomic E-state index is 0.388. The summed E-state index contributed by atoms with van der Waals surface area (Å²) < 4.78 is 5.24. The Morgan fingerprint density at radius 1 is 1.20 bits per heavy atom. The molecule has 4 bridgehead atoms. The van der Waals surface area contributed by atoms with E-state index in [2.05, 4.69) is 19.2 Å². The van der Waals surface area contributed by atoms with E-state index in [9.17, 15) is 0 Å². The molecule has 20 heavy (non-hydrogen) atoms. The van der Waals surface area contributed by atoms with Crippen LogP contribution in [0.15, 0.2) is 5.38 Å². The summed E-state index contributed by atoms with van der Waals surface area (Å²) in [7, 11) is 1.76. The molecule has 1 heterocycles. The van der Waals surface area contributed by atoms with E-state index in [4.69, 9.17) is 9.72 Å². The molecule has 4 saturated carbocycles. The molecule has 0 aromatic carbocycles. The third kappa shape index (κ3) is 1.89. The van der Waals surface area contributed by atoms with Crippen LogP contribution in [0.2, 0.25) is 0 Å². The standard InChI is InChI=1S/C17H25NOS/c1-15-4-12-5-16(2,9-15)11-17(6-12,10-15)14-18-13(7-19-3)8-20-14/h8,12H,4-7,9-11H2,1-3H3. The van der Waals surface area contributed by atoms with Crippen LogP contribution >= 0.6 is 11.3 Å². The number of rotatable bonds is 3. The van der Waals surface area contributed by atoms with Crippen molar-refractivity contribution in [1.82, 2.24) is 4.98 Å². The van der Waals surface area contributed by atoms with Crippen LogP contribution in [0, 0.1) is 16.7 Å². The van der Waals surface area contributed by atoms with Crippen LogP contribution in [0.4, 0.5) is 0 Å². The largest absolute Gasteiger partial charge is 0.378 e. The number of ether oxygens (including phenoxy) is 1. The normalized spacial score (nSPS) is 46.0. The summed E-state index contributed by atoms with van der Waals surface area (Å²) in [6.07, 6.45) is 8.48. The molecular formula is C17H25NOS. The Balaban J connectivity index is 1.72. The fourth-order valence-corrected chi connectivity index (χ4v) is 7.47. The van der Waals surface area contributed by atoms with E-state index in [1.54, 1.807) is 7.11 Å². The van der Waals surface area contributed by atoms with Gasteiger partial charge in [0.15, 0.2) is 0 Å².